The Labute approximate surface area is 165 Å². The first-order valence-electron chi connectivity index (χ1n) is 9.96. The predicted octanol–water partition coefficient (Wildman–Crippen LogP) is 4.51. The number of nitrogens with one attached hydrogen (secondary N) is 2. The number of amides is 1. The number of carbonyl (C=O) groups excluding carboxylic acids is 1. The molecule has 5 nitrogen and oxygen atoms in total. The largest absolute Gasteiger partial charge is 0.454 e. The van der Waals surface area contributed by atoms with E-state index in [4.69, 9.17) is 9.47 Å². The first-order chi connectivity index (χ1) is 13.7. The highest BCUT2D eigenvalue weighted by Crippen LogP contribution is 2.39. The van der Waals surface area contributed by atoms with Crippen molar-refractivity contribution in [3.63, 3.8) is 0 Å². The number of ether oxygens (including phenoxy) is 2. The van der Waals surface area contributed by atoms with Crippen LogP contribution in [-0.4, -0.2) is 24.2 Å². The predicted molar refractivity (Wildman–Crippen MR) is 110 cm³/mol. The molecule has 1 aliphatic heterocycles. The van der Waals surface area contributed by atoms with E-state index in [9.17, 15) is 4.79 Å². The number of benzene rings is 2. The van der Waals surface area contributed by atoms with Crippen LogP contribution in [0.5, 0.6) is 11.5 Å². The molecule has 3 aromatic rings. The Morgan fingerprint density at radius 1 is 1.18 bits per heavy atom. The lowest BCUT2D eigenvalue weighted by atomic mass is 9.87. The molecule has 1 aliphatic rings. The maximum absolute atomic E-state index is 12.6. The van der Waals surface area contributed by atoms with Gasteiger partial charge >= 0.3 is 0 Å². The van der Waals surface area contributed by atoms with E-state index in [1.165, 1.54) is 10.9 Å². The minimum absolute atomic E-state index is 0.0607. The molecule has 0 spiro atoms. The topological polar surface area (TPSA) is 63.4 Å². The normalized spacial score (nSPS) is 13.6. The Bertz CT molecular complexity index is 993. The highest BCUT2D eigenvalue weighted by Gasteiger charge is 2.24. The SMILES string of the molecule is CCCNC(=O)C[C@H](c1ccc2c(c1)OCO2)c1c[nH]c2c(CC)cccc12. The monoisotopic (exact) mass is 378 g/mol. The maximum Gasteiger partial charge on any atom is 0.231 e. The lowest BCUT2D eigenvalue weighted by molar-refractivity contribution is -0.121. The second-order valence-corrected chi connectivity index (χ2v) is 7.16. The molecule has 0 unspecified atom stereocenters. The highest BCUT2D eigenvalue weighted by atomic mass is 16.7. The van der Waals surface area contributed by atoms with Crippen molar-refractivity contribution in [2.24, 2.45) is 0 Å². The molecule has 0 bridgehead atoms. The van der Waals surface area contributed by atoms with Crippen molar-refractivity contribution in [1.29, 1.82) is 0 Å². The summed E-state index contributed by atoms with van der Waals surface area (Å²) in [4.78, 5) is 16.0. The van der Waals surface area contributed by atoms with Crippen molar-refractivity contribution in [3.05, 3.63) is 59.3 Å². The fraction of sp³-hybridized carbons (Fsp3) is 0.348. The molecule has 146 valence electrons. The van der Waals surface area contributed by atoms with Gasteiger partial charge in [-0.15, -0.1) is 0 Å². The van der Waals surface area contributed by atoms with Crippen LogP contribution in [0.4, 0.5) is 0 Å². The Hall–Kier alpha value is -2.95. The van der Waals surface area contributed by atoms with Gasteiger partial charge in [-0.25, -0.2) is 0 Å². The second-order valence-electron chi connectivity index (χ2n) is 7.16. The Balaban J connectivity index is 1.76. The van der Waals surface area contributed by atoms with Gasteiger partial charge in [-0.05, 0) is 41.7 Å². The lowest BCUT2D eigenvalue weighted by Crippen LogP contribution is -2.26. The number of aromatic nitrogens is 1. The van der Waals surface area contributed by atoms with E-state index in [0.29, 0.717) is 13.0 Å². The number of hydrogen-bond donors (Lipinski definition) is 2. The number of hydrogen-bond acceptors (Lipinski definition) is 3. The average molecular weight is 378 g/mol. The van der Waals surface area contributed by atoms with Crippen LogP contribution in [0.25, 0.3) is 10.9 Å². The fourth-order valence-electron chi connectivity index (χ4n) is 3.88. The van der Waals surface area contributed by atoms with E-state index < -0.39 is 0 Å². The van der Waals surface area contributed by atoms with Crippen LogP contribution < -0.4 is 14.8 Å². The Morgan fingerprint density at radius 3 is 2.86 bits per heavy atom. The molecule has 0 aliphatic carbocycles. The van der Waals surface area contributed by atoms with Gasteiger partial charge in [0.05, 0.1) is 0 Å². The number of rotatable bonds is 7. The van der Waals surface area contributed by atoms with Gasteiger partial charge in [-0.2, -0.15) is 0 Å². The van der Waals surface area contributed by atoms with Gasteiger partial charge in [0.15, 0.2) is 11.5 Å². The van der Waals surface area contributed by atoms with Crippen LogP contribution >= 0.6 is 0 Å². The molecule has 1 atom stereocenters. The first kappa shape index (κ1) is 18.4. The minimum Gasteiger partial charge on any atom is -0.454 e. The molecule has 2 N–H and O–H groups in total. The molecule has 1 amide bonds. The van der Waals surface area contributed by atoms with Crippen molar-refractivity contribution in [2.45, 2.75) is 39.0 Å². The third kappa shape index (κ3) is 3.44. The summed E-state index contributed by atoms with van der Waals surface area (Å²) in [7, 11) is 0. The molecule has 28 heavy (non-hydrogen) atoms. The first-order valence-corrected chi connectivity index (χ1v) is 9.96. The van der Waals surface area contributed by atoms with Crippen molar-refractivity contribution in [2.75, 3.05) is 13.3 Å². The van der Waals surface area contributed by atoms with Gasteiger partial charge in [0, 0.05) is 36.0 Å². The maximum atomic E-state index is 12.6. The van der Waals surface area contributed by atoms with Gasteiger partial charge < -0.3 is 19.8 Å². The van der Waals surface area contributed by atoms with Crippen molar-refractivity contribution in [1.82, 2.24) is 10.3 Å². The highest BCUT2D eigenvalue weighted by molar-refractivity contribution is 5.88. The summed E-state index contributed by atoms with van der Waals surface area (Å²) in [6, 6.07) is 12.3. The number of aromatic amines is 1. The third-order valence-corrected chi connectivity index (χ3v) is 5.35. The zero-order chi connectivity index (χ0) is 19.5. The van der Waals surface area contributed by atoms with E-state index in [0.717, 1.165) is 41.0 Å². The van der Waals surface area contributed by atoms with Crippen LogP contribution in [0, 0.1) is 0 Å². The average Bonchev–Trinajstić information content (AvgIpc) is 3.36. The number of fused-ring (bicyclic) bond motifs is 2. The van der Waals surface area contributed by atoms with Crippen LogP contribution in [-0.2, 0) is 11.2 Å². The summed E-state index contributed by atoms with van der Waals surface area (Å²) in [5.41, 5.74) is 4.62. The van der Waals surface area contributed by atoms with Crippen molar-refractivity contribution in [3.8, 4) is 11.5 Å². The van der Waals surface area contributed by atoms with E-state index in [2.05, 4.69) is 42.3 Å². The molecule has 2 heterocycles. The van der Waals surface area contributed by atoms with Crippen LogP contribution in [0.3, 0.4) is 0 Å². The zero-order valence-corrected chi connectivity index (χ0v) is 16.4. The van der Waals surface area contributed by atoms with Crippen molar-refractivity contribution >= 4 is 16.8 Å². The third-order valence-electron chi connectivity index (χ3n) is 5.35. The van der Waals surface area contributed by atoms with Gasteiger partial charge in [0.2, 0.25) is 12.7 Å². The van der Waals surface area contributed by atoms with Crippen molar-refractivity contribution < 1.29 is 14.3 Å². The summed E-state index contributed by atoms with van der Waals surface area (Å²) in [5.74, 6) is 1.49. The minimum atomic E-state index is -0.0628. The molecular weight excluding hydrogens is 352 g/mol. The van der Waals surface area contributed by atoms with E-state index >= 15 is 0 Å². The van der Waals surface area contributed by atoms with E-state index in [1.54, 1.807) is 0 Å². The van der Waals surface area contributed by atoms with Crippen LogP contribution in [0.1, 0.15) is 49.3 Å². The zero-order valence-electron chi connectivity index (χ0n) is 16.4. The molecule has 0 fully saturated rings. The molecule has 5 heteroatoms. The molecule has 0 radical (unpaired) electrons. The van der Waals surface area contributed by atoms with Gasteiger partial charge in [0.1, 0.15) is 0 Å². The van der Waals surface area contributed by atoms with Gasteiger partial charge in [-0.3, -0.25) is 4.79 Å². The second kappa shape index (κ2) is 7.97. The summed E-state index contributed by atoms with van der Waals surface area (Å²) in [6.45, 7) is 5.15. The van der Waals surface area contributed by atoms with Crippen LogP contribution in [0.15, 0.2) is 42.6 Å². The van der Waals surface area contributed by atoms with Gasteiger partial charge in [-0.1, -0.05) is 38.1 Å². The van der Waals surface area contributed by atoms with E-state index in [-0.39, 0.29) is 18.6 Å². The molecule has 1 aromatic heterocycles. The quantitative estimate of drug-likeness (QED) is 0.636. The number of para-hydroxylation sites is 1. The standard InChI is InChI=1S/C23H26N2O3/c1-3-10-24-22(26)12-18(16-8-9-20-21(11-16)28-14-27-20)19-13-25-23-15(4-2)6-5-7-17(19)23/h5-9,11,13,18,25H,3-4,10,12,14H2,1-2H3,(H,24,26)/t18-/m1/s1. The Morgan fingerprint density at radius 2 is 2.04 bits per heavy atom. The molecule has 0 saturated carbocycles. The molecule has 2 aromatic carbocycles. The fourth-order valence-corrected chi connectivity index (χ4v) is 3.88. The summed E-state index contributed by atoms with van der Waals surface area (Å²) in [6.07, 6.45) is 4.32. The summed E-state index contributed by atoms with van der Waals surface area (Å²) < 4.78 is 11.0. The molecule has 4 rings (SSSR count). The molecular formula is C23H26N2O3. The van der Waals surface area contributed by atoms with Gasteiger partial charge in [0.25, 0.3) is 0 Å². The number of aryl methyl sites for hydroxylation is 1. The van der Waals surface area contributed by atoms with E-state index in [1.807, 2.05) is 24.4 Å². The summed E-state index contributed by atoms with van der Waals surface area (Å²) in [5, 5.41) is 4.18. The number of H-pyrrole nitrogens is 1. The number of carbonyl (C=O) groups is 1. The smallest absolute Gasteiger partial charge is 0.231 e. The summed E-state index contributed by atoms with van der Waals surface area (Å²) >= 11 is 0. The molecule has 0 saturated heterocycles. The lowest BCUT2D eigenvalue weighted by Gasteiger charge is -2.18. The Kier molecular flexibility index (Phi) is 5.24. The van der Waals surface area contributed by atoms with Crippen LogP contribution in [0.2, 0.25) is 0 Å².